The van der Waals surface area contributed by atoms with Crippen LogP contribution in [0.5, 0.6) is 0 Å². The van der Waals surface area contributed by atoms with E-state index in [1.165, 1.54) is 29.2 Å². The van der Waals surface area contributed by atoms with Gasteiger partial charge < -0.3 is 14.7 Å². The number of carboxylic acids is 1. The Balaban J connectivity index is 1.55. The van der Waals surface area contributed by atoms with Gasteiger partial charge in [-0.1, -0.05) is 6.07 Å². The number of thioether (sulfide) groups is 1. The summed E-state index contributed by atoms with van der Waals surface area (Å²) in [5.41, 5.74) is 1.75. The van der Waals surface area contributed by atoms with Crippen LogP contribution >= 0.6 is 11.8 Å². The highest BCUT2D eigenvalue weighted by Gasteiger charge is 2.27. The molecule has 1 heterocycles. The molecule has 1 fully saturated rings. The van der Waals surface area contributed by atoms with Crippen molar-refractivity contribution in [3.8, 4) is 0 Å². The second-order valence-electron chi connectivity index (χ2n) is 7.38. The number of carbonyl (C=O) groups excluding carboxylic acids is 1. The molecule has 2 aromatic carbocycles. The average molecular weight is 451 g/mol. The number of carboxylic acid groups (broad SMARTS) is 1. The number of morpholine rings is 1. The van der Waals surface area contributed by atoms with E-state index in [0.29, 0.717) is 26.2 Å². The minimum Gasteiger partial charge on any atom is -0.478 e. The van der Waals surface area contributed by atoms with Crippen LogP contribution in [0.2, 0.25) is 0 Å². The minimum atomic E-state index is -1.21. The molecule has 0 unspecified atom stereocenters. The standard InChI is InChI=1S/C22H24F2N2O4S/c1-14-9-17(23)5-3-16(14)11-26-7-8-30-21(12-26)25(2)20(27)13-31-19-6-4-15(22(28)29)10-18(19)24/h3-6,9-10,21H,7-8,11-13H2,1-2H3,(H,28,29)/t21-/m0/s1. The molecule has 166 valence electrons. The molecule has 0 saturated carbocycles. The molecule has 1 saturated heterocycles. The number of carbonyl (C=O) groups is 2. The number of aryl methyl sites for hydroxylation is 1. The van der Waals surface area contributed by atoms with Gasteiger partial charge in [-0.3, -0.25) is 9.69 Å². The lowest BCUT2D eigenvalue weighted by atomic mass is 10.1. The lowest BCUT2D eigenvalue weighted by molar-refractivity contribution is -0.149. The molecule has 1 aliphatic rings. The van der Waals surface area contributed by atoms with Crippen molar-refractivity contribution < 1.29 is 28.2 Å². The Morgan fingerprint density at radius 1 is 1.26 bits per heavy atom. The van der Waals surface area contributed by atoms with Crippen LogP contribution in [0, 0.1) is 18.6 Å². The van der Waals surface area contributed by atoms with Gasteiger partial charge in [0.1, 0.15) is 17.9 Å². The first-order valence-electron chi connectivity index (χ1n) is 9.75. The van der Waals surface area contributed by atoms with Crippen molar-refractivity contribution in [1.29, 1.82) is 0 Å². The van der Waals surface area contributed by atoms with Crippen LogP contribution in [0.15, 0.2) is 41.3 Å². The van der Waals surface area contributed by atoms with E-state index in [0.717, 1.165) is 29.0 Å². The van der Waals surface area contributed by atoms with Gasteiger partial charge in [0.05, 0.1) is 17.9 Å². The first-order chi connectivity index (χ1) is 14.7. The summed E-state index contributed by atoms with van der Waals surface area (Å²) >= 11 is 1.01. The van der Waals surface area contributed by atoms with E-state index >= 15 is 0 Å². The Labute approximate surface area is 183 Å². The zero-order valence-electron chi connectivity index (χ0n) is 17.3. The van der Waals surface area contributed by atoms with Crippen LogP contribution in [-0.4, -0.2) is 65.5 Å². The van der Waals surface area contributed by atoms with E-state index < -0.39 is 18.0 Å². The Bertz CT molecular complexity index is 973. The number of hydrogen-bond donors (Lipinski definition) is 1. The van der Waals surface area contributed by atoms with Crippen LogP contribution < -0.4 is 0 Å². The summed E-state index contributed by atoms with van der Waals surface area (Å²) in [5.74, 6) is -2.37. The number of halogens is 2. The number of benzene rings is 2. The quantitative estimate of drug-likeness (QED) is 0.653. The summed E-state index contributed by atoms with van der Waals surface area (Å²) in [5, 5.41) is 8.91. The first-order valence-corrected chi connectivity index (χ1v) is 10.7. The van der Waals surface area contributed by atoms with Crippen molar-refractivity contribution in [2.24, 2.45) is 0 Å². The number of aromatic carboxylic acids is 1. The molecular formula is C22H24F2N2O4S. The molecule has 0 spiro atoms. The van der Waals surface area contributed by atoms with Crippen LogP contribution in [-0.2, 0) is 16.1 Å². The predicted octanol–water partition coefficient (Wildman–Crippen LogP) is 3.38. The van der Waals surface area contributed by atoms with Crippen LogP contribution in [0.3, 0.4) is 0 Å². The Kier molecular flexibility index (Phi) is 7.64. The first kappa shape index (κ1) is 23.2. The maximum atomic E-state index is 14.1. The molecule has 1 aliphatic heterocycles. The summed E-state index contributed by atoms with van der Waals surface area (Å²) in [6, 6.07) is 8.32. The number of ether oxygens (including phenoxy) is 1. The Morgan fingerprint density at radius 3 is 2.71 bits per heavy atom. The second-order valence-corrected chi connectivity index (χ2v) is 8.39. The summed E-state index contributed by atoms with van der Waals surface area (Å²) in [6.45, 7) is 4.16. The van der Waals surface area contributed by atoms with Crippen molar-refractivity contribution in [3.63, 3.8) is 0 Å². The normalized spacial score (nSPS) is 16.8. The molecule has 0 radical (unpaired) electrons. The van der Waals surface area contributed by atoms with E-state index in [4.69, 9.17) is 9.84 Å². The number of likely N-dealkylation sites (N-methyl/N-ethyl adjacent to an activating group) is 1. The maximum Gasteiger partial charge on any atom is 0.335 e. The van der Waals surface area contributed by atoms with E-state index in [2.05, 4.69) is 4.90 Å². The monoisotopic (exact) mass is 450 g/mol. The smallest absolute Gasteiger partial charge is 0.335 e. The molecule has 31 heavy (non-hydrogen) atoms. The predicted molar refractivity (Wildman–Crippen MR) is 113 cm³/mol. The van der Waals surface area contributed by atoms with Crippen molar-refractivity contribution in [3.05, 3.63) is 64.7 Å². The average Bonchev–Trinajstić information content (AvgIpc) is 2.74. The fraction of sp³-hybridized carbons (Fsp3) is 0.364. The molecule has 6 nitrogen and oxygen atoms in total. The highest BCUT2D eigenvalue weighted by Crippen LogP contribution is 2.24. The second kappa shape index (κ2) is 10.2. The molecule has 1 amide bonds. The maximum absolute atomic E-state index is 14.1. The SMILES string of the molecule is Cc1cc(F)ccc1CN1CCO[C@H](N(C)C(=O)CSc2ccc(C(=O)O)cc2F)C1. The number of rotatable bonds is 7. The number of nitrogens with zero attached hydrogens (tertiary/aromatic N) is 2. The molecule has 3 rings (SSSR count). The van der Waals surface area contributed by atoms with Gasteiger partial charge in [-0.2, -0.15) is 0 Å². The molecule has 0 bridgehead atoms. The van der Waals surface area contributed by atoms with E-state index in [1.54, 1.807) is 13.1 Å². The van der Waals surface area contributed by atoms with E-state index in [1.807, 2.05) is 6.92 Å². The lowest BCUT2D eigenvalue weighted by Crippen LogP contribution is -2.51. The summed E-state index contributed by atoms with van der Waals surface area (Å²) < 4.78 is 33.1. The zero-order valence-corrected chi connectivity index (χ0v) is 18.1. The summed E-state index contributed by atoms with van der Waals surface area (Å²) in [4.78, 5) is 27.4. The molecule has 1 atom stereocenters. The molecule has 1 N–H and O–H groups in total. The van der Waals surface area contributed by atoms with Gasteiger partial charge in [-0.25, -0.2) is 13.6 Å². The highest BCUT2D eigenvalue weighted by molar-refractivity contribution is 8.00. The fourth-order valence-electron chi connectivity index (χ4n) is 3.29. The van der Waals surface area contributed by atoms with Crippen molar-refractivity contribution in [1.82, 2.24) is 9.80 Å². The lowest BCUT2D eigenvalue weighted by Gasteiger charge is -2.37. The van der Waals surface area contributed by atoms with E-state index in [-0.39, 0.29) is 27.9 Å². The summed E-state index contributed by atoms with van der Waals surface area (Å²) in [7, 11) is 1.64. The number of amides is 1. The third-order valence-corrected chi connectivity index (χ3v) is 6.22. The van der Waals surface area contributed by atoms with Gasteiger partial charge in [0.25, 0.3) is 0 Å². The number of hydrogen-bond acceptors (Lipinski definition) is 5. The highest BCUT2D eigenvalue weighted by atomic mass is 32.2. The van der Waals surface area contributed by atoms with Gasteiger partial charge >= 0.3 is 5.97 Å². The van der Waals surface area contributed by atoms with Crippen LogP contribution in [0.1, 0.15) is 21.5 Å². The largest absolute Gasteiger partial charge is 0.478 e. The van der Waals surface area contributed by atoms with Gasteiger partial charge in [-0.05, 0) is 48.4 Å². The Hall–Kier alpha value is -2.49. The molecular weight excluding hydrogens is 426 g/mol. The van der Waals surface area contributed by atoms with Gasteiger partial charge in [-0.15, -0.1) is 11.8 Å². The molecule has 0 aromatic heterocycles. The molecule has 2 aromatic rings. The van der Waals surface area contributed by atoms with Gasteiger partial charge in [0, 0.05) is 31.6 Å². The van der Waals surface area contributed by atoms with Gasteiger partial charge in [0.15, 0.2) is 0 Å². The summed E-state index contributed by atoms with van der Waals surface area (Å²) in [6.07, 6.45) is -0.443. The topological polar surface area (TPSA) is 70.1 Å². The fourth-order valence-corrected chi connectivity index (χ4v) is 4.13. The Morgan fingerprint density at radius 2 is 2.03 bits per heavy atom. The van der Waals surface area contributed by atoms with Crippen LogP contribution in [0.25, 0.3) is 0 Å². The minimum absolute atomic E-state index is 0.00321. The third kappa shape index (κ3) is 6.03. The zero-order chi connectivity index (χ0) is 22.5. The molecule has 0 aliphatic carbocycles. The van der Waals surface area contributed by atoms with Crippen LogP contribution in [0.4, 0.5) is 8.78 Å². The third-order valence-electron chi connectivity index (χ3n) is 5.19. The van der Waals surface area contributed by atoms with Crippen molar-refractivity contribution in [2.75, 3.05) is 32.5 Å². The molecule has 9 heteroatoms. The van der Waals surface area contributed by atoms with Crippen molar-refractivity contribution in [2.45, 2.75) is 24.6 Å². The van der Waals surface area contributed by atoms with Crippen molar-refractivity contribution >= 4 is 23.6 Å². The van der Waals surface area contributed by atoms with E-state index in [9.17, 15) is 18.4 Å². The van der Waals surface area contributed by atoms with Gasteiger partial charge in [0.2, 0.25) is 5.91 Å².